The molecule has 0 aromatic heterocycles. The number of carboxylic acid groups (broad SMARTS) is 1. The molecule has 0 spiro atoms. The molecular weight excluding hydrogens is 251 g/mol. The molecule has 0 fully saturated rings. The van der Waals surface area contributed by atoms with E-state index in [1.807, 2.05) is 0 Å². The number of benzene rings is 1. The van der Waals surface area contributed by atoms with Gasteiger partial charge in [0.05, 0.1) is 6.42 Å². The first-order chi connectivity index (χ1) is 7.69. The Morgan fingerprint density at radius 1 is 1.29 bits per heavy atom. The second-order valence-electron chi connectivity index (χ2n) is 3.00. The maximum absolute atomic E-state index is 13.3. The van der Waals surface area contributed by atoms with Gasteiger partial charge in [0.15, 0.2) is 11.6 Å². The molecular formula is C9H5F5O3. The summed E-state index contributed by atoms with van der Waals surface area (Å²) in [6.45, 7) is 0. The lowest BCUT2D eigenvalue weighted by Gasteiger charge is -2.11. The van der Waals surface area contributed by atoms with E-state index >= 15 is 0 Å². The minimum atomic E-state index is -5.19. The quantitative estimate of drug-likeness (QED) is 0.845. The zero-order chi connectivity index (χ0) is 13.2. The van der Waals surface area contributed by atoms with Crippen molar-refractivity contribution >= 4 is 5.97 Å². The highest BCUT2D eigenvalue weighted by atomic mass is 19.4. The number of aliphatic carboxylic acids is 1. The number of ether oxygens (including phenoxy) is 1. The van der Waals surface area contributed by atoms with Crippen LogP contribution in [0.15, 0.2) is 12.1 Å². The molecule has 1 rings (SSSR count). The molecule has 1 aromatic rings. The summed E-state index contributed by atoms with van der Waals surface area (Å²) in [4.78, 5) is 10.3. The predicted molar refractivity (Wildman–Crippen MR) is 44.4 cm³/mol. The molecule has 0 aliphatic rings. The van der Waals surface area contributed by atoms with Crippen LogP contribution in [0.2, 0.25) is 0 Å². The van der Waals surface area contributed by atoms with Crippen LogP contribution in [0.5, 0.6) is 5.75 Å². The van der Waals surface area contributed by atoms with Crippen molar-refractivity contribution in [1.82, 2.24) is 0 Å². The van der Waals surface area contributed by atoms with E-state index in [-0.39, 0.29) is 6.07 Å². The van der Waals surface area contributed by atoms with Gasteiger partial charge in [-0.15, -0.1) is 13.2 Å². The van der Waals surface area contributed by atoms with Crippen molar-refractivity contribution in [3.63, 3.8) is 0 Å². The van der Waals surface area contributed by atoms with Gasteiger partial charge in [-0.05, 0) is 6.07 Å². The monoisotopic (exact) mass is 256 g/mol. The van der Waals surface area contributed by atoms with Crippen LogP contribution in [0.3, 0.4) is 0 Å². The van der Waals surface area contributed by atoms with Gasteiger partial charge in [-0.2, -0.15) is 0 Å². The Balaban J connectivity index is 3.14. The first-order valence-corrected chi connectivity index (χ1v) is 4.14. The SMILES string of the molecule is O=C(O)Cc1cc(F)cc(OC(F)(F)F)c1F. The van der Waals surface area contributed by atoms with Gasteiger partial charge in [-0.25, -0.2) is 8.78 Å². The second kappa shape index (κ2) is 4.56. The molecule has 94 valence electrons. The van der Waals surface area contributed by atoms with Crippen LogP contribution < -0.4 is 4.74 Å². The number of carboxylic acids is 1. The first-order valence-electron chi connectivity index (χ1n) is 4.14. The van der Waals surface area contributed by atoms with E-state index in [9.17, 15) is 26.7 Å². The molecule has 0 saturated heterocycles. The van der Waals surface area contributed by atoms with E-state index in [1.165, 1.54) is 0 Å². The van der Waals surface area contributed by atoms with E-state index in [2.05, 4.69) is 4.74 Å². The summed E-state index contributed by atoms with van der Waals surface area (Å²) in [5, 5.41) is 8.35. The van der Waals surface area contributed by atoms with E-state index in [0.717, 1.165) is 0 Å². The van der Waals surface area contributed by atoms with Crippen molar-refractivity contribution in [3.8, 4) is 5.75 Å². The molecule has 3 nitrogen and oxygen atoms in total. The Kier molecular flexibility index (Phi) is 3.54. The second-order valence-corrected chi connectivity index (χ2v) is 3.00. The highest BCUT2D eigenvalue weighted by molar-refractivity contribution is 5.70. The number of halogens is 5. The van der Waals surface area contributed by atoms with E-state index in [0.29, 0.717) is 6.07 Å². The molecule has 0 aliphatic carbocycles. The highest BCUT2D eigenvalue weighted by Crippen LogP contribution is 2.28. The van der Waals surface area contributed by atoms with E-state index in [4.69, 9.17) is 5.11 Å². The molecule has 0 bridgehead atoms. The first kappa shape index (κ1) is 13.2. The van der Waals surface area contributed by atoms with Crippen molar-refractivity contribution in [3.05, 3.63) is 29.3 Å². The molecule has 1 aromatic carbocycles. The number of alkyl halides is 3. The van der Waals surface area contributed by atoms with Crippen LogP contribution >= 0.6 is 0 Å². The maximum atomic E-state index is 13.3. The minimum Gasteiger partial charge on any atom is -0.481 e. The molecule has 0 atom stereocenters. The zero-order valence-corrected chi connectivity index (χ0v) is 8.02. The van der Waals surface area contributed by atoms with Crippen LogP contribution in [0, 0.1) is 11.6 Å². The fourth-order valence-electron chi connectivity index (χ4n) is 1.11. The summed E-state index contributed by atoms with van der Waals surface area (Å²) in [5.41, 5.74) is -0.725. The molecule has 0 unspecified atom stereocenters. The molecule has 0 radical (unpaired) electrons. The van der Waals surface area contributed by atoms with Crippen LogP contribution in [-0.2, 0) is 11.2 Å². The van der Waals surface area contributed by atoms with Gasteiger partial charge in [0.25, 0.3) is 0 Å². The maximum Gasteiger partial charge on any atom is 0.573 e. The topological polar surface area (TPSA) is 46.5 Å². The summed E-state index contributed by atoms with van der Waals surface area (Å²) in [5.74, 6) is -5.67. The fraction of sp³-hybridized carbons (Fsp3) is 0.222. The van der Waals surface area contributed by atoms with Crippen molar-refractivity contribution in [2.75, 3.05) is 0 Å². The Morgan fingerprint density at radius 2 is 1.88 bits per heavy atom. The summed E-state index contributed by atoms with van der Waals surface area (Å²) in [7, 11) is 0. The zero-order valence-electron chi connectivity index (χ0n) is 8.02. The molecule has 0 amide bonds. The summed E-state index contributed by atoms with van der Waals surface area (Å²) >= 11 is 0. The predicted octanol–water partition coefficient (Wildman–Crippen LogP) is 2.49. The van der Waals surface area contributed by atoms with Crippen molar-refractivity contribution in [1.29, 1.82) is 0 Å². The van der Waals surface area contributed by atoms with Gasteiger partial charge >= 0.3 is 12.3 Å². The van der Waals surface area contributed by atoms with Gasteiger partial charge in [-0.1, -0.05) is 0 Å². The van der Waals surface area contributed by atoms with Crippen molar-refractivity contribution in [2.24, 2.45) is 0 Å². The van der Waals surface area contributed by atoms with Crippen LogP contribution in [-0.4, -0.2) is 17.4 Å². The molecule has 17 heavy (non-hydrogen) atoms. The number of rotatable bonds is 3. The van der Waals surface area contributed by atoms with Gasteiger partial charge < -0.3 is 9.84 Å². The summed E-state index contributed by atoms with van der Waals surface area (Å²) < 4.78 is 64.8. The number of hydrogen-bond acceptors (Lipinski definition) is 2. The lowest BCUT2D eigenvalue weighted by atomic mass is 10.1. The smallest absolute Gasteiger partial charge is 0.481 e. The van der Waals surface area contributed by atoms with E-state index in [1.54, 1.807) is 0 Å². The van der Waals surface area contributed by atoms with Gasteiger partial charge in [0, 0.05) is 11.6 Å². The molecule has 0 saturated carbocycles. The standard InChI is InChI=1S/C9H5F5O3/c10-5-1-4(2-7(15)16)8(11)6(3-5)17-9(12,13)14/h1,3H,2H2,(H,15,16). The Labute approximate surface area is 91.4 Å². The normalized spacial score (nSPS) is 11.4. The van der Waals surface area contributed by atoms with Crippen LogP contribution in [0.25, 0.3) is 0 Å². The van der Waals surface area contributed by atoms with Gasteiger partial charge in [-0.3, -0.25) is 4.79 Å². The average Bonchev–Trinajstić information content (AvgIpc) is 2.09. The molecule has 1 N–H and O–H groups in total. The average molecular weight is 256 g/mol. The van der Waals surface area contributed by atoms with Crippen LogP contribution in [0.4, 0.5) is 22.0 Å². The number of carbonyl (C=O) groups is 1. The Bertz CT molecular complexity index is 441. The van der Waals surface area contributed by atoms with Crippen molar-refractivity contribution in [2.45, 2.75) is 12.8 Å². The molecule has 0 heterocycles. The van der Waals surface area contributed by atoms with E-state index < -0.39 is 41.7 Å². The van der Waals surface area contributed by atoms with Gasteiger partial charge in [0.2, 0.25) is 0 Å². The van der Waals surface area contributed by atoms with Crippen molar-refractivity contribution < 1.29 is 36.6 Å². The third-order valence-corrected chi connectivity index (χ3v) is 1.65. The molecule has 0 aliphatic heterocycles. The lowest BCUT2D eigenvalue weighted by Crippen LogP contribution is -2.19. The Morgan fingerprint density at radius 3 is 2.35 bits per heavy atom. The largest absolute Gasteiger partial charge is 0.573 e. The molecule has 8 heteroatoms. The fourth-order valence-corrected chi connectivity index (χ4v) is 1.11. The third kappa shape index (κ3) is 3.89. The minimum absolute atomic E-state index is 0.189. The third-order valence-electron chi connectivity index (χ3n) is 1.65. The van der Waals surface area contributed by atoms with Gasteiger partial charge in [0.1, 0.15) is 5.82 Å². The van der Waals surface area contributed by atoms with Crippen LogP contribution in [0.1, 0.15) is 5.56 Å². The number of hydrogen-bond donors (Lipinski definition) is 1. The summed E-state index contributed by atoms with van der Waals surface area (Å²) in [6.07, 6.45) is -6.13. The highest BCUT2D eigenvalue weighted by Gasteiger charge is 2.33. The lowest BCUT2D eigenvalue weighted by molar-refractivity contribution is -0.275. The Hall–Kier alpha value is -1.86. The summed E-state index contributed by atoms with van der Waals surface area (Å²) in [6, 6.07) is 0.681.